The van der Waals surface area contributed by atoms with Crippen molar-refractivity contribution >= 4 is 29.3 Å². The summed E-state index contributed by atoms with van der Waals surface area (Å²) in [4.78, 5) is 23.0. The number of thioether (sulfide) groups is 1. The molecule has 6 heteroatoms. The maximum atomic E-state index is 11.7. The minimum absolute atomic E-state index is 0.0451. The molecule has 0 saturated heterocycles. The number of aryl methyl sites for hydroxylation is 1. The summed E-state index contributed by atoms with van der Waals surface area (Å²) in [7, 11) is 1.54. The van der Waals surface area contributed by atoms with Crippen LogP contribution in [0.5, 0.6) is 5.75 Å². The van der Waals surface area contributed by atoms with E-state index in [1.54, 1.807) is 13.2 Å². The van der Waals surface area contributed by atoms with Gasteiger partial charge in [-0.25, -0.2) is 0 Å². The van der Waals surface area contributed by atoms with Gasteiger partial charge in [-0.1, -0.05) is 6.07 Å². The zero-order chi connectivity index (χ0) is 14.3. The molecule has 0 fully saturated rings. The Hall–Kier alpha value is -1.69. The highest BCUT2D eigenvalue weighted by atomic mass is 32.2. The molecule has 0 aliphatic carbocycles. The van der Waals surface area contributed by atoms with Crippen LogP contribution in [0, 0.1) is 6.92 Å². The van der Waals surface area contributed by atoms with Crippen molar-refractivity contribution in [2.24, 2.45) is 0 Å². The number of rotatable bonds is 6. The zero-order valence-corrected chi connectivity index (χ0v) is 12.1. The third-order valence-corrected chi connectivity index (χ3v) is 2.90. The fourth-order valence-electron chi connectivity index (χ4n) is 1.47. The number of ether oxygens (including phenoxy) is 1. The number of carbonyl (C=O) groups is 2. The second kappa shape index (κ2) is 7.68. The number of hydrogen-bond donors (Lipinski definition) is 2. The second-order valence-electron chi connectivity index (χ2n) is 3.96. The average Bonchev–Trinajstić information content (AvgIpc) is 2.37. The van der Waals surface area contributed by atoms with Crippen molar-refractivity contribution < 1.29 is 14.3 Å². The van der Waals surface area contributed by atoms with Crippen molar-refractivity contribution in [3.63, 3.8) is 0 Å². The summed E-state index contributed by atoms with van der Waals surface area (Å²) in [5, 5.41) is 5.26. The van der Waals surface area contributed by atoms with E-state index in [2.05, 4.69) is 10.6 Å². The Morgan fingerprint density at radius 1 is 1.32 bits per heavy atom. The third kappa shape index (κ3) is 5.21. The van der Waals surface area contributed by atoms with Crippen LogP contribution in [-0.2, 0) is 9.59 Å². The van der Waals surface area contributed by atoms with E-state index in [1.165, 1.54) is 11.8 Å². The lowest BCUT2D eigenvalue weighted by molar-refractivity contribution is -0.122. The van der Waals surface area contributed by atoms with E-state index in [0.717, 1.165) is 5.56 Å². The number of anilines is 1. The van der Waals surface area contributed by atoms with Crippen molar-refractivity contribution in [3.8, 4) is 5.75 Å². The first-order valence-electron chi connectivity index (χ1n) is 5.77. The van der Waals surface area contributed by atoms with Crippen LogP contribution in [0.2, 0.25) is 0 Å². The second-order valence-corrected chi connectivity index (χ2v) is 4.83. The molecular formula is C13H18N2O3S. The van der Waals surface area contributed by atoms with E-state index >= 15 is 0 Å². The number of carbonyl (C=O) groups excluding carboxylic acids is 2. The molecule has 0 atom stereocenters. The van der Waals surface area contributed by atoms with Crippen molar-refractivity contribution in [3.05, 3.63) is 23.8 Å². The summed E-state index contributed by atoms with van der Waals surface area (Å²) in [5.74, 6) is 0.507. The van der Waals surface area contributed by atoms with Crippen LogP contribution < -0.4 is 15.4 Å². The van der Waals surface area contributed by atoms with E-state index in [1.807, 2.05) is 25.3 Å². The molecule has 0 saturated carbocycles. The molecule has 0 bridgehead atoms. The Labute approximate surface area is 117 Å². The molecule has 0 aliphatic rings. The van der Waals surface area contributed by atoms with Crippen LogP contribution >= 0.6 is 11.8 Å². The van der Waals surface area contributed by atoms with Gasteiger partial charge >= 0.3 is 0 Å². The molecule has 0 aliphatic heterocycles. The quantitative estimate of drug-likeness (QED) is 0.828. The van der Waals surface area contributed by atoms with E-state index in [9.17, 15) is 9.59 Å². The van der Waals surface area contributed by atoms with Crippen LogP contribution in [0.3, 0.4) is 0 Å². The van der Waals surface area contributed by atoms with Crippen LogP contribution in [0.25, 0.3) is 0 Å². The molecule has 0 radical (unpaired) electrons. The Balaban J connectivity index is 2.57. The maximum Gasteiger partial charge on any atom is 0.243 e. The van der Waals surface area contributed by atoms with Crippen molar-refractivity contribution in [2.45, 2.75) is 6.92 Å². The lowest BCUT2D eigenvalue weighted by atomic mass is 10.2. The van der Waals surface area contributed by atoms with Gasteiger partial charge in [-0.05, 0) is 30.9 Å². The predicted octanol–water partition coefficient (Wildman–Crippen LogP) is 1.42. The molecule has 0 aromatic heterocycles. The number of amides is 2. The van der Waals surface area contributed by atoms with Gasteiger partial charge in [0.15, 0.2) is 0 Å². The van der Waals surface area contributed by atoms with E-state index in [0.29, 0.717) is 17.2 Å². The Kier molecular flexibility index (Phi) is 6.21. The molecule has 2 N–H and O–H groups in total. The summed E-state index contributed by atoms with van der Waals surface area (Å²) in [6.45, 7) is 1.88. The Morgan fingerprint density at radius 3 is 2.68 bits per heavy atom. The summed E-state index contributed by atoms with van der Waals surface area (Å²) in [6.07, 6.45) is 1.83. The number of methoxy groups -OCH3 is 1. The van der Waals surface area contributed by atoms with Gasteiger partial charge in [-0.2, -0.15) is 11.8 Å². The van der Waals surface area contributed by atoms with Gasteiger partial charge in [-0.3, -0.25) is 9.59 Å². The standard InChI is InChI=1S/C13H18N2O3S/c1-9-4-5-11(18-2)10(6-9)15-12(16)7-14-13(17)8-19-3/h4-6H,7-8H2,1-3H3,(H,14,17)(H,15,16). The zero-order valence-electron chi connectivity index (χ0n) is 11.3. The average molecular weight is 282 g/mol. The van der Waals surface area contributed by atoms with Gasteiger partial charge < -0.3 is 15.4 Å². The predicted molar refractivity (Wildman–Crippen MR) is 77.8 cm³/mol. The van der Waals surface area contributed by atoms with Crippen LogP contribution in [-0.4, -0.2) is 37.5 Å². The molecule has 0 spiro atoms. The highest BCUT2D eigenvalue weighted by molar-refractivity contribution is 7.99. The van der Waals surface area contributed by atoms with Crippen LogP contribution in [0.15, 0.2) is 18.2 Å². The fourth-order valence-corrected chi connectivity index (χ4v) is 1.84. The fraction of sp³-hybridized carbons (Fsp3) is 0.385. The normalized spacial score (nSPS) is 9.84. The van der Waals surface area contributed by atoms with Crippen molar-refractivity contribution in [1.82, 2.24) is 5.32 Å². The first-order chi connectivity index (χ1) is 9.06. The molecule has 1 aromatic carbocycles. The molecule has 19 heavy (non-hydrogen) atoms. The van der Waals surface area contributed by atoms with Crippen molar-refractivity contribution in [1.29, 1.82) is 0 Å². The highest BCUT2D eigenvalue weighted by Gasteiger charge is 2.09. The number of nitrogens with one attached hydrogen (secondary N) is 2. The Morgan fingerprint density at radius 2 is 2.05 bits per heavy atom. The van der Waals surface area contributed by atoms with Gasteiger partial charge in [0.25, 0.3) is 0 Å². The number of benzene rings is 1. The SMILES string of the molecule is COc1ccc(C)cc1NC(=O)CNC(=O)CSC. The molecule has 2 amide bonds. The molecule has 104 valence electrons. The van der Waals surface area contributed by atoms with Gasteiger partial charge in [-0.15, -0.1) is 0 Å². The Bertz CT molecular complexity index is 463. The van der Waals surface area contributed by atoms with E-state index in [-0.39, 0.29) is 18.4 Å². The summed E-state index contributed by atoms with van der Waals surface area (Å²) >= 11 is 1.41. The topological polar surface area (TPSA) is 67.4 Å². The molecular weight excluding hydrogens is 264 g/mol. The minimum atomic E-state index is -0.279. The van der Waals surface area contributed by atoms with Gasteiger partial charge in [0.05, 0.1) is 25.1 Å². The van der Waals surface area contributed by atoms with E-state index < -0.39 is 0 Å². The van der Waals surface area contributed by atoms with Gasteiger partial charge in [0.2, 0.25) is 11.8 Å². The molecule has 0 unspecified atom stereocenters. The van der Waals surface area contributed by atoms with Gasteiger partial charge in [0.1, 0.15) is 5.75 Å². The molecule has 0 heterocycles. The lowest BCUT2D eigenvalue weighted by Crippen LogP contribution is -2.33. The smallest absolute Gasteiger partial charge is 0.243 e. The summed E-state index contributed by atoms with van der Waals surface area (Å²) in [6, 6.07) is 5.51. The highest BCUT2D eigenvalue weighted by Crippen LogP contribution is 2.24. The van der Waals surface area contributed by atoms with Crippen molar-refractivity contribution in [2.75, 3.05) is 31.0 Å². The molecule has 5 nitrogen and oxygen atoms in total. The first kappa shape index (κ1) is 15.4. The third-order valence-electron chi connectivity index (χ3n) is 2.35. The van der Waals surface area contributed by atoms with Crippen LogP contribution in [0.4, 0.5) is 5.69 Å². The first-order valence-corrected chi connectivity index (χ1v) is 7.16. The van der Waals surface area contributed by atoms with Crippen LogP contribution in [0.1, 0.15) is 5.56 Å². The largest absolute Gasteiger partial charge is 0.495 e. The molecule has 1 aromatic rings. The minimum Gasteiger partial charge on any atom is -0.495 e. The summed E-state index contributed by atoms with van der Waals surface area (Å²) in [5.41, 5.74) is 1.62. The van der Waals surface area contributed by atoms with E-state index in [4.69, 9.17) is 4.74 Å². The lowest BCUT2D eigenvalue weighted by Gasteiger charge is -2.11. The monoisotopic (exact) mass is 282 g/mol. The summed E-state index contributed by atoms with van der Waals surface area (Å²) < 4.78 is 5.16. The number of hydrogen-bond acceptors (Lipinski definition) is 4. The van der Waals surface area contributed by atoms with Gasteiger partial charge in [0, 0.05) is 0 Å². The molecule has 1 rings (SSSR count). The maximum absolute atomic E-state index is 11.7.